The predicted molar refractivity (Wildman–Crippen MR) is 113 cm³/mol. The Morgan fingerprint density at radius 3 is 2.00 bits per heavy atom. The predicted octanol–water partition coefficient (Wildman–Crippen LogP) is -3.64. The van der Waals surface area contributed by atoms with E-state index in [2.05, 4.69) is 10.6 Å². The minimum Gasteiger partial charge on any atom is -0.481 e. The minimum absolute atomic E-state index is 0.125. The Labute approximate surface area is 194 Å². The van der Waals surface area contributed by atoms with E-state index in [9.17, 15) is 38.7 Å². The van der Waals surface area contributed by atoms with E-state index in [0.717, 1.165) is 4.90 Å². The van der Waals surface area contributed by atoms with Crippen LogP contribution in [0.4, 0.5) is 0 Å². The lowest BCUT2D eigenvalue weighted by molar-refractivity contribution is -0.149. The molecule has 0 aromatic carbocycles. The van der Waals surface area contributed by atoms with E-state index in [1.165, 1.54) is 0 Å². The van der Waals surface area contributed by atoms with Crippen LogP contribution in [0.3, 0.4) is 0 Å². The largest absolute Gasteiger partial charge is 0.481 e. The molecule has 1 aliphatic heterocycles. The lowest BCUT2D eigenvalue weighted by atomic mass is 10.1. The van der Waals surface area contributed by atoms with E-state index in [1.54, 1.807) is 0 Å². The van der Waals surface area contributed by atoms with E-state index in [-0.39, 0.29) is 32.2 Å². The summed E-state index contributed by atoms with van der Waals surface area (Å²) in [6.45, 7) is 0.125. The summed E-state index contributed by atoms with van der Waals surface area (Å²) < 4.78 is 0. The first-order valence-corrected chi connectivity index (χ1v) is 10.5. The monoisotopic (exact) mass is 486 g/mol. The fourth-order valence-corrected chi connectivity index (χ4v) is 3.43. The number of hydrogen-bond acceptors (Lipinski definition) is 8. The van der Waals surface area contributed by atoms with Gasteiger partial charge in [0, 0.05) is 19.4 Å². The molecule has 1 aliphatic rings. The van der Waals surface area contributed by atoms with E-state index in [4.69, 9.17) is 22.3 Å². The van der Waals surface area contributed by atoms with Gasteiger partial charge in [-0.3, -0.25) is 28.8 Å². The second kappa shape index (κ2) is 13.1. The van der Waals surface area contributed by atoms with Gasteiger partial charge in [-0.1, -0.05) is 0 Å². The molecule has 1 saturated heterocycles. The van der Waals surface area contributed by atoms with Crippen molar-refractivity contribution in [3.8, 4) is 0 Å². The molecule has 10 N–H and O–H groups in total. The van der Waals surface area contributed by atoms with Gasteiger partial charge in [0.15, 0.2) is 0 Å². The van der Waals surface area contributed by atoms with Crippen LogP contribution in [-0.2, 0) is 33.6 Å². The van der Waals surface area contributed by atoms with Crippen LogP contribution in [0, 0.1) is 0 Å². The Morgan fingerprint density at radius 2 is 1.47 bits per heavy atom. The molecule has 190 valence electrons. The number of hydrogen-bond donors (Lipinski definition) is 7. The molecule has 0 aromatic heterocycles. The van der Waals surface area contributed by atoms with Crippen LogP contribution in [0.25, 0.3) is 0 Å². The van der Waals surface area contributed by atoms with Crippen molar-refractivity contribution < 1.29 is 43.8 Å². The number of nitrogens with zero attached hydrogens (tertiary/aromatic N) is 1. The summed E-state index contributed by atoms with van der Waals surface area (Å²) in [5, 5.41) is 22.9. The van der Waals surface area contributed by atoms with Crippen LogP contribution in [0.2, 0.25) is 0 Å². The maximum absolute atomic E-state index is 13.0. The molecule has 1 heterocycles. The molecular weight excluding hydrogens is 456 g/mol. The summed E-state index contributed by atoms with van der Waals surface area (Å²) in [5.41, 5.74) is 15.7. The van der Waals surface area contributed by atoms with Gasteiger partial charge in [0.1, 0.15) is 18.1 Å². The maximum atomic E-state index is 13.0. The van der Waals surface area contributed by atoms with Crippen molar-refractivity contribution in [3.05, 3.63) is 0 Å². The van der Waals surface area contributed by atoms with E-state index in [0.29, 0.717) is 6.42 Å². The number of carboxylic acid groups (broad SMARTS) is 2. The molecule has 0 spiro atoms. The van der Waals surface area contributed by atoms with Gasteiger partial charge >= 0.3 is 11.9 Å². The van der Waals surface area contributed by atoms with Gasteiger partial charge in [-0.15, -0.1) is 0 Å². The number of rotatable bonds is 14. The molecule has 34 heavy (non-hydrogen) atoms. The molecule has 15 heteroatoms. The Balaban J connectivity index is 3.05. The van der Waals surface area contributed by atoms with Crippen molar-refractivity contribution in [3.63, 3.8) is 0 Å². The summed E-state index contributed by atoms with van der Waals surface area (Å²) in [6, 6.07) is -5.32. The molecule has 4 atom stereocenters. The first-order valence-electron chi connectivity index (χ1n) is 10.5. The lowest BCUT2D eigenvalue weighted by Gasteiger charge is -2.28. The highest BCUT2D eigenvalue weighted by Crippen LogP contribution is 2.19. The number of nitrogens with two attached hydrogens (primary N) is 3. The van der Waals surface area contributed by atoms with Gasteiger partial charge in [-0.2, -0.15) is 0 Å². The minimum atomic E-state index is -1.46. The molecule has 0 bridgehead atoms. The van der Waals surface area contributed by atoms with Crippen LogP contribution in [0.5, 0.6) is 0 Å². The normalized spacial score (nSPS) is 17.8. The number of likely N-dealkylation sites (tertiary alicyclic amines) is 1. The Kier molecular flexibility index (Phi) is 10.9. The number of carboxylic acids is 2. The Hall–Kier alpha value is -3.75. The van der Waals surface area contributed by atoms with Gasteiger partial charge in [-0.25, -0.2) is 4.79 Å². The summed E-state index contributed by atoms with van der Waals surface area (Å²) >= 11 is 0. The average molecular weight is 486 g/mol. The topological polar surface area (TPSA) is 265 Å². The average Bonchev–Trinajstić information content (AvgIpc) is 3.22. The smallest absolute Gasteiger partial charge is 0.326 e. The fraction of sp³-hybridized carbons (Fsp3) is 0.632. The van der Waals surface area contributed by atoms with Crippen LogP contribution < -0.4 is 27.8 Å². The molecule has 0 radical (unpaired) electrons. The zero-order valence-electron chi connectivity index (χ0n) is 18.4. The third-order valence-electron chi connectivity index (χ3n) is 5.15. The van der Waals surface area contributed by atoms with Crippen LogP contribution in [0.1, 0.15) is 44.9 Å². The maximum Gasteiger partial charge on any atom is 0.326 e. The van der Waals surface area contributed by atoms with Crippen molar-refractivity contribution in [2.24, 2.45) is 17.2 Å². The number of aliphatic carboxylic acids is 2. The van der Waals surface area contributed by atoms with Crippen molar-refractivity contribution in [1.82, 2.24) is 15.5 Å². The fourth-order valence-electron chi connectivity index (χ4n) is 3.43. The number of amides is 5. The Morgan fingerprint density at radius 1 is 0.882 bits per heavy atom. The van der Waals surface area contributed by atoms with Gasteiger partial charge in [0.05, 0.1) is 12.5 Å². The molecule has 1 rings (SSSR count). The quantitative estimate of drug-likeness (QED) is 0.126. The highest BCUT2D eigenvalue weighted by Gasteiger charge is 2.38. The zero-order valence-corrected chi connectivity index (χ0v) is 18.4. The molecule has 1 fully saturated rings. The van der Waals surface area contributed by atoms with Gasteiger partial charge in [0.2, 0.25) is 29.5 Å². The highest BCUT2D eigenvalue weighted by molar-refractivity contribution is 5.95. The third-order valence-corrected chi connectivity index (χ3v) is 5.15. The number of primary amides is 2. The van der Waals surface area contributed by atoms with Gasteiger partial charge in [-0.05, 0) is 25.7 Å². The van der Waals surface area contributed by atoms with Crippen LogP contribution >= 0.6 is 0 Å². The SMILES string of the molecule is NC(=O)CCC(NC(=O)C(CCC(=O)O)NC(=O)C(N)CC(N)=O)C(=O)N1CCCC1C(=O)O. The lowest BCUT2D eigenvalue weighted by Crippen LogP contribution is -2.57. The molecule has 5 amide bonds. The molecule has 0 saturated carbocycles. The molecule has 0 aromatic rings. The van der Waals surface area contributed by atoms with Gasteiger partial charge in [0.25, 0.3) is 0 Å². The summed E-state index contributed by atoms with van der Waals surface area (Å²) in [5.74, 6) is -6.80. The standard InChI is InChI=1S/C19H30N6O9/c20-9(8-14(22)27)16(30)23-10(4-6-15(28)29)17(31)24-11(3-5-13(21)26)18(32)25-7-1-2-12(25)19(33)34/h9-12H,1-8,20H2,(H2,21,26)(H2,22,27)(H,23,30)(H,24,31)(H,28,29)(H,33,34). The molecular formula is C19H30N6O9. The number of nitrogens with one attached hydrogen (secondary N) is 2. The van der Waals surface area contributed by atoms with Crippen molar-refractivity contribution in [2.75, 3.05) is 6.54 Å². The number of carbonyl (C=O) groups excluding carboxylic acids is 5. The highest BCUT2D eigenvalue weighted by atomic mass is 16.4. The van der Waals surface area contributed by atoms with Crippen LogP contribution in [0.15, 0.2) is 0 Å². The Bertz CT molecular complexity index is 833. The van der Waals surface area contributed by atoms with Crippen LogP contribution in [-0.4, -0.2) is 87.3 Å². The zero-order chi connectivity index (χ0) is 26.0. The van der Waals surface area contributed by atoms with Gasteiger partial charge < -0.3 is 42.9 Å². The van der Waals surface area contributed by atoms with Crippen molar-refractivity contribution in [2.45, 2.75) is 69.1 Å². The van der Waals surface area contributed by atoms with E-state index in [1.807, 2.05) is 0 Å². The third kappa shape index (κ3) is 9.01. The second-order valence-corrected chi connectivity index (χ2v) is 7.86. The number of carbonyl (C=O) groups is 7. The molecule has 15 nitrogen and oxygen atoms in total. The molecule has 0 aliphatic carbocycles. The summed E-state index contributed by atoms with van der Waals surface area (Å²) in [6.07, 6.45) is -1.35. The summed E-state index contributed by atoms with van der Waals surface area (Å²) in [4.78, 5) is 83.8. The second-order valence-electron chi connectivity index (χ2n) is 7.86. The van der Waals surface area contributed by atoms with Crippen molar-refractivity contribution >= 4 is 41.5 Å². The molecule has 4 unspecified atom stereocenters. The summed E-state index contributed by atoms with van der Waals surface area (Å²) in [7, 11) is 0. The first-order chi connectivity index (χ1) is 15.8. The van der Waals surface area contributed by atoms with Crippen molar-refractivity contribution in [1.29, 1.82) is 0 Å². The van der Waals surface area contributed by atoms with E-state index >= 15 is 0 Å². The van der Waals surface area contributed by atoms with E-state index < -0.39 is 78.5 Å². The first kappa shape index (κ1) is 28.3.